The van der Waals surface area contributed by atoms with Gasteiger partial charge < -0.3 is 0 Å². The van der Waals surface area contributed by atoms with E-state index in [-0.39, 0.29) is 0 Å². The fourth-order valence-electron chi connectivity index (χ4n) is 3.01. The highest BCUT2D eigenvalue weighted by Gasteiger charge is 2.32. The van der Waals surface area contributed by atoms with E-state index >= 15 is 0 Å². The molecule has 0 unspecified atom stereocenters. The van der Waals surface area contributed by atoms with Gasteiger partial charge in [0.15, 0.2) is 0 Å². The molecule has 18 heavy (non-hydrogen) atoms. The normalized spacial score (nSPS) is 19.3. The van der Waals surface area contributed by atoms with Crippen molar-refractivity contribution in [2.45, 2.75) is 45.6 Å². The van der Waals surface area contributed by atoms with Crippen molar-refractivity contribution in [3.8, 4) is 0 Å². The van der Waals surface area contributed by atoms with Crippen LogP contribution < -0.4 is 0 Å². The van der Waals surface area contributed by atoms with Gasteiger partial charge in [0.05, 0.1) is 0 Å². The van der Waals surface area contributed by atoms with Gasteiger partial charge in [-0.3, -0.25) is 4.90 Å². The molecule has 2 rings (SSSR count). The number of nitrogens with zero attached hydrogens (tertiary/aromatic N) is 1. The number of alkyl halides is 1. The average Bonchev–Trinajstić information content (AvgIpc) is 2.92. The SMILES string of the molecule is CCN(Cc1cccs1)CC1(CBr)CCCCC1. The first kappa shape index (κ1) is 14.5. The molecular formula is C15H24BrNS. The summed E-state index contributed by atoms with van der Waals surface area (Å²) >= 11 is 5.66. The maximum absolute atomic E-state index is 3.78. The molecule has 102 valence electrons. The van der Waals surface area contributed by atoms with Gasteiger partial charge in [-0.2, -0.15) is 0 Å². The highest BCUT2D eigenvalue weighted by atomic mass is 79.9. The molecule has 1 fully saturated rings. The van der Waals surface area contributed by atoms with E-state index in [1.807, 2.05) is 11.3 Å². The lowest BCUT2D eigenvalue weighted by Crippen LogP contribution is -2.40. The van der Waals surface area contributed by atoms with E-state index in [4.69, 9.17) is 0 Å². The molecule has 1 aliphatic carbocycles. The second-order valence-corrected chi connectivity index (χ2v) is 7.17. The Hall–Kier alpha value is 0.140. The number of halogens is 1. The summed E-state index contributed by atoms with van der Waals surface area (Å²) < 4.78 is 0. The van der Waals surface area contributed by atoms with Crippen molar-refractivity contribution in [2.24, 2.45) is 5.41 Å². The van der Waals surface area contributed by atoms with Crippen molar-refractivity contribution >= 4 is 27.3 Å². The van der Waals surface area contributed by atoms with Crippen LogP contribution in [0.2, 0.25) is 0 Å². The molecule has 1 heterocycles. The topological polar surface area (TPSA) is 3.24 Å². The Balaban J connectivity index is 1.95. The zero-order valence-corrected chi connectivity index (χ0v) is 13.7. The molecule has 0 saturated heterocycles. The highest BCUT2D eigenvalue weighted by Crippen LogP contribution is 2.38. The summed E-state index contributed by atoms with van der Waals surface area (Å²) in [4.78, 5) is 4.12. The first-order chi connectivity index (χ1) is 8.78. The highest BCUT2D eigenvalue weighted by molar-refractivity contribution is 9.09. The third-order valence-electron chi connectivity index (χ3n) is 4.16. The molecular weight excluding hydrogens is 306 g/mol. The monoisotopic (exact) mass is 329 g/mol. The van der Waals surface area contributed by atoms with E-state index in [0.29, 0.717) is 5.41 Å². The van der Waals surface area contributed by atoms with Crippen molar-refractivity contribution in [2.75, 3.05) is 18.4 Å². The van der Waals surface area contributed by atoms with Gasteiger partial charge in [-0.1, -0.05) is 48.2 Å². The second-order valence-electron chi connectivity index (χ2n) is 5.58. The molecule has 0 amide bonds. The van der Waals surface area contributed by atoms with Gasteiger partial charge in [0, 0.05) is 23.3 Å². The third kappa shape index (κ3) is 3.82. The minimum absolute atomic E-state index is 0.533. The molecule has 0 bridgehead atoms. The summed E-state index contributed by atoms with van der Waals surface area (Å²) in [6.45, 7) is 5.83. The molecule has 1 saturated carbocycles. The van der Waals surface area contributed by atoms with Gasteiger partial charge in [-0.05, 0) is 36.2 Å². The first-order valence-electron chi connectivity index (χ1n) is 7.09. The molecule has 0 atom stereocenters. The summed E-state index contributed by atoms with van der Waals surface area (Å²) in [5.74, 6) is 0. The summed E-state index contributed by atoms with van der Waals surface area (Å²) in [5, 5.41) is 3.35. The Labute approximate surface area is 124 Å². The van der Waals surface area contributed by atoms with E-state index in [0.717, 1.165) is 13.1 Å². The van der Waals surface area contributed by atoms with Crippen LogP contribution in [-0.4, -0.2) is 23.3 Å². The fraction of sp³-hybridized carbons (Fsp3) is 0.733. The Morgan fingerprint density at radius 2 is 2.11 bits per heavy atom. The molecule has 0 aliphatic heterocycles. The van der Waals surface area contributed by atoms with Gasteiger partial charge in [-0.15, -0.1) is 11.3 Å². The third-order valence-corrected chi connectivity index (χ3v) is 6.21. The average molecular weight is 330 g/mol. The van der Waals surface area contributed by atoms with E-state index < -0.39 is 0 Å². The Kier molecular flexibility index (Phi) is 5.71. The van der Waals surface area contributed by atoms with Gasteiger partial charge in [0.1, 0.15) is 0 Å². The van der Waals surface area contributed by atoms with Crippen LogP contribution in [0.4, 0.5) is 0 Å². The van der Waals surface area contributed by atoms with Crippen LogP contribution in [0.5, 0.6) is 0 Å². The number of rotatable bonds is 6. The fourth-order valence-corrected chi connectivity index (χ4v) is 4.50. The van der Waals surface area contributed by atoms with Crippen LogP contribution >= 0.6 is 27.3 Å². The molecule has 1 aromatic rings. The van der Waals surface area contributed by atoms with Crippen molar-refractivity contribution in [1.82, 2.24) is 4.90 Å². The zero-order chi connectivity index (χ0) is 12.8. The van der Waals surface area contributed by atoms with E-state index in [9.17, 15) is 0 Å². The Morgan fingerprint density at radius 3 is 2.67 bits per heavy atom. The smallest absolute Gasteiger partial charge is 0.0328 e. The predicted octanol–water partition coefficient (Wildman–Crippen LogP) is 4.92. The molecule has 0 N–H and O–H groups in total. The number of thiophene rings is 1. The van der Waals surface area contributed by atoms with E-state index in [1.54, 1.807) is 0 Å². The quantitative estimate of drug-likeness (QED) is 0.670. The lowest BCUT2D eigenvalue weighted by molar-refractivity contribution is 0.126. The van der Waals surface area contributed by atoms with Crippen LogP contribution in [0.15, 0.2) is 17.5 Å². The molecule has 0 aromatic carbocycles. The second kappa shape index (κ2) is 7.06. The van der Waals surface area contributed by atoms with Crippen LogP contribution in [-0.2, 0) is 6.54 Å². The largest absolute Gasteiger partial charge is 0.298 e. The van der Waals surface area contributed by atoms with Crippen molar-refractivity contribution in [1.29, 1.82) is 0 Å². The van der Waals surface area contributed by atoms with E-state index in [1.165, 1.54) is 48.9 Å². The summed E-state index contributed by atoms with van der Waals surface area (Å²) in [6, 6.07) is 4.42. The summed E-state index contributed by atoms with van der Waals surface area (Å²) in [5.41, 5.74) is 0.533. The van der Waals surface area contributed by atoms with Crippen molar-refractivity contribution in [3.05, 3.63) is 22.4 Å². The van der Waals surface area contributed by atoms with Gasteiger partial charge >= 0.3 is 0 Å². The van der Waals surface area contributed by atoms with Crippen molar-refractivity contribution in [3.63, 3.8) is 0 Å². The number of hydrogen-bond donors (Lipinski definition) is 0. The maximum Gasteiger partial charge on any atom is 0.0328 e. The minimum atomic E-state index is 0.533. The molecule has 0 radical (unpaired) electrons. The molecule has 1 aromatic heterocycles. The molecule has 1 aliphatic rings. The van der Waals surface area contributed by atoms with Crippen molar-refractivity contribution < 1.29 is 0 Å². The van der Waals surface area contributed by atoms with Gasteiger partial charge in [-0.25, -0.2) is 0 Å². The lowest BCUT2D eigenvalue weighted by atomic mass is 9.75. The van der Waals surface area contributed by atoms with Gasteiger partial charge in [0.2, 0.25) is 0 Å². The van der Waals surface area contributed by atoms with Gasteiger partial charge in [0.25, 0.3) is 0 Å². The van der Waals surface area contributed by atoms with E-state index in [2.05, 4.69) is 45.3 Å². The van der Waals surface area contributed by atoms with Crippen LogP contribution in [0.1, 0.15) is 43.9 Å². The Bertz CT molecular complexity index is 330. The summed E-state index contributed by atoms with van der Waals surface area (Å²) in [7, 11) is 0. The molecule has 3 heteroatoms. The summed E-state index contributed by atoms with van der Waals surface area (Å²) in [6.07, 6.45) is 7.08. The Morgan fingerprint density at radius 1 is 1.33 bits per heavy atom. The first-order valence-corrected chi connectivity index (χ1v) is 9.09. The predicted molar refractivity (Wildman–Crippen MR) is 84.6 cm³/mol. The number of hydrogen-bond acceptors (Lipinski definition) is 2. The van der Waals surface area contributed by atoms with Crippen LogP contribution in [0.3, 0.4) is 0 Å². The standard InChI is InChI=1S/C15H24BrNS/c1-2-17(11-14-7-6-10-18-14)13-15(12-16)8-4-3-5-9-15/h6-7,10H,2-5,8-9,11-13H2,1H3. The minimum Gasteiger partial charge on any atom is -0.298 e. The molecule has 0 spiro atoms. The molecule has 1 nitrogen and oxygen atoms in total. The zero-order valence-electron chi connectivity index (χ0n) is 11.3. The van der Waals surface area contributed by atoms with Crippen LogP contribution in [0, 0.1) is 5.41 Å². The van der Waals surface area contributed by atoms with Crippen LogP contribution in [0.25, 0.3) is 0 Å². The lowest BCUT2D eigenvalue weighted by Gasteiger charge is -2.39. The maximum atomic E-state index is 3.78.